The third-order valence-corrected chi connectivity index (χ3v) is 2.90. The van der Waals surface area contributed by atoms with Gasteiger partial charge in [-0.2, -0.15) is 0 Å². The number of halogens is 2. The average Bonchev–Trinajstić information content (AvgIpc) is 2.29. The molecule has 0 aromatic heterocycles. The van der Waals surface area contributed by atoms with Crippen LogP contribution in [0.2, 0.25) is 0 Å². The Kier molecular flexibility index (Phi) is 4.89. The fraction of sp³-hybridized carbons (Fsp3) is 0.364. The molecule has 0 aliphatic rings. The minimum absolute atomic E-state index is 0.231. The van der Waals surface area contributed by atoms with Crippen LogP contribution in [0.4, 0.5) is 4.39 Å². The third-order valence-electron chi connectivity index (χ3n) is 2.26. The molecule has 0 fully saturated rings. The van der Waals surface area contributed by atoms with Crippen LogP contribution in [0.25, 0.3) is 0 Å². The Balaban J connectivity index is 2.62. The normalized spacial score (nSPS) is 12.2. The van der Waals surface area contributed by atoms with Gasteiger partial charge in [0.2, 0.25) is 0 Å². The Morgan fingerprint density at radius 2 is 2.31 bits per heavy atom. The van der Waals surface area contributed by atoms with E-state index >= 15 is 0 Å². The molecule has 0 radical (unpaired) electrons. The monoisotopic (exact) mass is 289 g/mol. The zero-order chi connectivity index (χ0) is 12.1. The van der Waals surface area contributed by atoms with Crippen LogP contribution in [-0.2, 0) is 9.53 Å². The molecule has 5 heteroatoms. The maximum Gasteiger partial charge on any atom is 0.305 e. The second-order valence-corrected chi connectivity index (χ2v) is 4.25. The lowest BCUT2D eigenvalue weighted by Gasteiger charge is -2.11. The summed E-state index contributed by atoms with van der Waals surface area (Å²) in [4.78, 5) is 10.9. The highest BCUT2D eigenvalue weighted by molar-refractivity contribution is 9.10. The number of hydrogen-bond acceptors (Lipinski definition) is 3. The predicted octanol–water partition coefficient (Wildman–Crippen LogP) is 2.54. The molecule has 0 saturated heterocycles. The van der Waals surface area contributed by atoms with E-state index < -0.39 is 0 Å². The minimum atomic E-state index is -0.360. The Bertz CT molecular complexity index is 384. The van der Waals surface area contributed by atoms with E-state index in [0.717, 1.165) is 0 Å². The molecule has 0 unspecified atom stereocenters. The number of ether oxygens (including phenoxy) is 1. The summed E-state index contributed by atoms with van der Waals surface area (Å²) in [5.74, 6) is -0.668. The van der Waals surface area contributed by atoms with Crippen molar-refractivity contribution in [1.82, 2.24) is 0 Å². The number of carbonyl (C=O) groups is 1. The van der Waals surface area contributed by atoms with Crippen LogP contribution in [0.15, 0.2) is 22.7 Å². The van der Waals surface area contributed by atoms with Crippen LogP contribution in [0, 0.1) is 5.82 Å². The topological polar surface area (TPSA) is 52.3 Å². The quantitative estimate of drug-likeness (QED) is 0.867. The molecule has 0 saturated carbocycles. The van der Waals surface area contributed by atoms with Gasteiger partial charge in [-0.15, -0.1) is 0 Å². The van der Waals surface area contributed by atoms with Gasteiger partial charge in [0.1, 0.15) is 5.82 Å². The van der Waals surface area contributed by atoms with Crippen molar-refractivity contribution in [2.75, 3.05) is 7.11 Å². The molecule has 2 N–H and O–H groups in total. The lowest BCUT2D eigenvalue weighted by atomic mass is 10.0. The van der Waals surface area contributed by atoms with Crippen LogP contribution in [0.1, 0.15) is 24.4 Å². The highest BCUT2D eigenvalue weighted by Crippen LogP contribution is 2.22. The van der Waals surface area contributed by atoms with E-state index in [1.807, 2.05) is 0 Å². The van der Waals surface area contributed by atoms with E-state index in [1.54, 1.807) is 12.1 Å². The van der Waals surface area contributed by atoms with Crippen LogP contribution in [0.3, 0.4) is 0 Å². The third kappa shape index (κ3) is 3.57. The van der Waals surface area contributed by atoms with Crippen molar-refractivity contribution in [3.8, 4) is 0 Å². The largest absolute Gasteiger partial charge is 0.469 e. The van der Waals surface area contributed by atoms with E-state index in [1.165, 1.54) is 13.2 Å². The number of benzene rings is 1. The number of carbonyl (C=O) groups excluding carboxylic acids is 1. The Labute approximate surface area is 102 Å². The number of rotatable bonds is 4. The molecule has 16 heavy (non-hydrogen) atoms. The maximum atomic E-state index is 13.2. The zero-order valence-electron chi connectivity index (χ0n) is 8.87. The minimum Gasteiger partial charge on any atom is -0.469 e. The molecule has 0 bridgehead atoms. The number of nitrogens with two attached hydrogens (primary N) is 1. The van der Waals surface area contributed by atoms with E-state index in [2.05, 4.69) is 20.7 Å². The van der Waals surface area contributed by atoms with Crippen molar-refractivity contribution in [1.29, 1.82) is 0 Å². The Hall–Kier alpha value is -0.940. The SMILES string of the molecule is COC(=O)CC[C@@H](N)c1ccc(Br)c(F)c1. The van der Waals surface area contributed by atoms with Crippen LogP contribution in [0.5, 0.6) is 0 Å². The van der Waals surface area contributed by atoms with E-state index in [9.17, 15) is 9.18 Å². The van der Waals surface area contributed by atoms with E-state index in [4.69, 9.17) is 5.73 Å². The molecular weight excluding hydrogens is 277 g/mol. The Morgan fingerprint density at radius 3 is 2.88 bits per heavy atom. The number of esters is 1. The first-order valence-electron chi connectivity index (χ1n) is 4.82. The highest BCUT2D eigenvalue weighted by Gasteiger charge is 2.11. The van der Waals surface area contributed by atoms with Gasteiger partial charge in [0.15, 0.2) is 0 Å². The molecule has 1 rings (SSSR count). The smallest absolute Gasteiger partial charge is 0.305 e. The van der Waals surface area contributed by atoms with Gasteiger partial charge >= 0.3 is 5.97 Å². The molecule has 0 aliphatic carbocycles. The van der Waals surface area contributed by atoms with Crippen molar-refractivity contribution in [2.24, 2.45) is 5.73 Å². The predicted molar refractivity (Wildman–Crippen MR) is 62.3 cm³/mol. The summed E-state index contributed by atoms with van der Waals surface area (Å²) in [7, 11) is 1.33. The molecule has 0 spiro atoms. The molecule has 0 amide bonds. The molecule has 1 aromatic carbocycles. The van der Waals surface area contributed by atoms with Crippen molar-refractivity contribution in [3.63, 3.8) is 0 Å². The molecule has 1 aromatic rings. The van der Waals surface area contributed by atoms with E-state index in [-0.39, 0.29) is 24.2 Å². The first kappa shape index (κ1) is 13.1. The highest BCUT2D eigenvalue weighted by atomic mass is 79.9. The fourth-order valence-corrected chi connectivity index (χ4v) is 1.53. The van der Waals surface area contributed by atoms with Gasteiger partial charge in [-0.25, -0.2) is 4.39 Å². The van der Waals surface area contributed by atoms with Gasteiger partial charge < -0.3 is 10.5 Å². The van der Waals surface area contributed by atoms with Crippen molar-refractivity contribution in [2.45, 2.75) is 18.9 Å². The summed E-state index contributed by atoms with van der Waals surface area (Å²) in [5.41, 5.74) is 6.50. The summed E-state index contributed by atoms with van der Waals surface area (Å²) < 4.78 is 18.1. The molecular formula is C11H13BrFNO2. The molecule has 1 atom stereocenters. The molecule has 88 valence electrons. The second-order valence-electron chi connectivity index (χ2n) is 3.39. The second kappa shape index (κ2) is 5.96. The molecule has 3 nitrogen and oxygen atoms in total. The standard InChI is InChI=1S/C11H13BrFNO2/c1-16-11(15)5-4-10(14)7-2-3-8(12)9(13)6-7/h2-3,6,10H,4-5,14H2,1H3/t10-/m1/s1. The summed E-state index contributed by atoms with van der Waals surface area (Å²) in [6, 6.07) is 4.34. The summed E-state index contributed by atoms with van der Waals surface area (Å²) in [5, 5.41) is 0. The lowest BCUT2D eigenvalue weighted by Crippen LogP contribution is -2.13. The van der Waals surface area contributed by atoms with Gasteiger partial charge in [-0.3, -0.25) is 4.79 Å². The first-order valence-corrected chi connectivity index (χ1v) is 5.61. The van der Waals surface area contributed by atoms with Crippen molar-refractivity contribution >= 4 is 21.9 Å². The Morgan fingerprint density at radius 1 is 1.62 bits per heavy atom. The maximum absolute atomic E-state index is 13.2. The van der Waals surface area contributed by atoms with Crippen LogP contribution >= 0.6 is 15.9 Å². The number of hydrogen-bond donors (Lipinski definition) is 1. The van der Waals surface area contributed by atoms with Gasteiger partial charge in [0, 0.05) is 12.5 Å². The van der Waals surface area contributed by atoms with Gasteiger partial charge in [-0.05, 0) is 40.0 Å². The summed E-state index contributed by atoms with van der Waals surface area (Å²) in [6.45, 7) is 0. The van der Waals surface area contributed by atoms with Crippen molar-refractivity contribution in [3.05, 3.63) is 34.1 Å². The van der Waals surface area contributed by atoms with E-state index in [0.29, 0.717) is 16.5 Å². The first-order chi connectivity index (χ1) is 7.54. The summed E-state index contributed by atoms with van der Waals surface area (Å²) in [6.07, 6.45) is 0.670. The van der Waals surface area contributed by atoms with Gasteiger partial charge in [-0.1, -0.05) is 6.07 Å². The summed E-state index contributed by atoms with van der Waals surface area (Å²) >= 11 is 3.06. The van der Waals surface area contributed by atoms with Crippen LogP contribution in [-0.4, -0.2) is 13.1 Å². The fourth-order valence-electron chi connectivity index (χ4n) is 1.29. The number of methoxy groups -OCH3 is 1. The zero-order valence-corrected chi connectivity index (χ0v) is 10.5. The average molecular weight is 290 g/mol. The van der Waals surface area contributed by atoms with Gasteiger partial charge in [0.05, 0.1) is 11.6 Å². The van der Waals surface area contributed by atoms with Gasteiger partial charge in [0.25, 0.3) is 0 Å². The van der Waals surface area contributed by atoms with Crippen LogP contribution < -0.4 is 5.73 Å². The molecule has 0 heterocycles. The molecule has 0 aliphatic heterocycles. The van der Waals surface area contributed by atoms with Crippen molar-refractivity contribution < 1.29 is 13.9 Å². The lowest BCUT2D eigenvalue weighted by molar-refractivity contribution is -0.140.